The highest BCUT2D eigenvalue weighted by atomic mass is 79.9. The SMILES string of the molecule is CCOC(=O)C(F)[C@@H](N)c1cc(Br)ccc1OC(F)(F)F.Cl. The Bertz CT molecular complexity index is 516. The molecule has 0 aliphatic heterocycles. The van der Waals surface area contributed by atoms with Gasteiger partial charge in [-0.25, -0.2) is 9.18 Å². The van der Waals surface area contributed by atoms with Gasteiger partial charge in [0.05, 0.1) is 12.6 Å². The Labute approximate surface area is 138 Å². The summed E-state index contributed by atoms with van der Waals surface area (Å²) < 4.78 is 59.4. The van der Waals surface area contributed by atoms with Crippen molar-refractivity contribution >= 4 is 34.3 Å². The Kier molecular flexibility index (Phi) is 8.13. The van der Waals surface area contributed by atoms with Gasteiger partial charge < -0.3 is 15.2 Å². The van der Waals surface area contributed by atoms with Gasteiger partial charge in [0.2, 0.25) is 6.17 Å². The van der Waals surface area contributed by atoms with Crippen LogP contribution in [0.4, 0.5) is 17.6 Å². The number of hydrogen-bond acceptors (Lipinski definition) is 4. The molecule has 22 heavy (non-hydrogen) atoms. The zero-order valence-electron chi connectivity index (χ0n) is 11.2. The summed E-state index contributed by atoms with van der Waals surface area (Å²) in [6.45, 7) is 1.39. The third kappa shape index (κ3) is 5.98. The van der Waals surface area contributed by atoms with E-state index in [4.69, 9.17) is 5.73 Å². The van der Waals surface area contributed by atoms with Crippen LogP contribution in [-0.4, -0.2) is 25.1 Å². The lowest BCUT2D eigenvalue weighted by Crippen LogP contribution is -2.32. The molecular formula is C12H13BrClF4NO3. The number of halogens is 6. The summed E-state index contributed by atoms with van der Waals surface area (Å²) in [7, 11) is 0. The van der Waals surface area contributed by atoms with E-state index in [0.717, 1.165) is 12.1 Å². The molecular weight excluding hydrogens is 397 g/mol. The van der Waals surface area contributed by atoms with Gasteiger partial charge in [-0.1, -0.05) is 15.9 Å². The van der Waals surface area contributed by atoms with Crippen molar-refractivity contribution in [1.29, 1.82) is 0 Å². The molecule has 1 unspecified atom stereocenters. The molecule has 0 aliphatic carbocycles. The molecule has 0 fully saturated rings. The van der Waals surface area contributed by atoms with Crippen molar-refractivity contribution in [2.45, 2.75) is 25.5 Å². The Hall–Kier alpha value is -1.06. The molecule has 0 saturated heterocycles. The van der Waals surface area contributed by atoms with Crippen LogP contribution in [0.1, 0.15) is 18.5 Å². The molecule has 0 heterocycles. The van der Waals surface area contributed by atoms with E-state index in [-0.39, 0.29) is 24.6 Å². The molecule has 0 amide bonds. The van der Waals surface area contributed by atoms with Crippen LogP contribution in [0.5, 0.6) is 5.75 Å². The maximum Gasteiger partial charge on any atom is 0.573 e. The average molecular weight is 411 g/mol. The second-order valence-electron chi connectivity index (χ2n) is 3.91. The number of benzene rings is 1. The summed E-state index contributed by atoms with van der Waals surface area (Å²) in [5, 5.41) is 0. The Morgan fingerprint density at radius 3 is 2.50 bits per heavy atom. The topological polar surface area (TPSA) is 61.5 Å². The van der Waals surface area contributed by atoms with Crippen LogP contribution in [0.2, 0.25) is 0 Å². The minimum atomic E-state index is -4.96. The molecule has 1 aromatic carbocycles. The highest BCUT2D eigenvalue weighted by Gasteiger charge is 2.35. The molecule has 0 aliphatic rings. The molecule has 2 N–H and O–H groups in total. The second kappa shape index (κ2) is 8.54. The van der Waals surface area contributed by atoms with Crippen molar-refractivity contribution in [2.24, 2.45) is 5.73 Å². The van der Waals surface area contributed by atoms with Crippen molar-refractivity contribution in [3.05, 3.63) is 28.2 Å². The number of nitrogens with two attached hydrogens (primary N) is 1. The lowest BCUT2D eigenvalue weighted by atomic mass is 10.0. The largest absolute Gasteiger partial charge is 0.573 e. The summed E-state index contributed by atoms with van der Waals surface area (Å²) in [4.78, 5) is 11.3. The zero-order chi connectivity index (χ0) is 16.2. The molecule has 0 aromatic heterocycles. The van der Waals surface area contributed by atoms with Crippen molar-refractivity contribution < 1.29 is 31.8 Å². The monoisotopic (exact) mass is 409 g/mol. The fourth-order valence-electron chi connectivity index (χ4n) is 1.52. The summed E-state index contributed by atoms with van der Waals surface area (Å²) in [6.07, 6.45) is -7.27. The molecule has 4 nitrogen and oxygen atoms in total. The van der Waals surface area contributed by atoms with Crippen LogP contribution in [0.15, 0.2) is 22.7 Å². The standard InChI is InChI=1S/C12H12BrF4NO3.ClH/c1-2-20-11(19)9(14)10(18)7-5-6(13)3-4-8(7)21-12(15,16)17;/h3-5,9-10H,2,18H2,1H3;1H/t9?,10-;/m0./s1. The smallest absolute Gasteiger partial charge is 0.464 e. The van der Waals surface area contributed by atoms with E-state index in [9.17, 15) is 22.4 Å². The van der Waals surface area contributed by atoms with Crippen LogP contribution in [-0.2, 0) is 9.53 Å². The maximum atomic E-state index is 13.9. The van der Waals surface area contributed by atoms with E-state index in [0.29, 0.717) is 4.47 Å². The number of alkyl halides is 4. The number of carbonyl (C=O) groups excluding carboxylic acids is 1. The first-order chi connectivity index (χ1) is 9.65. The maximum absolute atomic E-state index is 13.9. The summed E-state index contributed by atoms with van der Waals surface area (Å²) in [5.41, 5.74) is 5.21. The van der Waals surface area contributed by atoms with Gasteiger partial charge in [-0.2, -0.15) is 0 Å². The molecule has 0 saturated carbocycles. The molecule has 0 spiro atoms. The van der Waals surface area contributed by atoms with Gasteiger partial charge in [0.15, 0.2) is 0 Å². The third-order valence-corrected chi connectivity index (χ3v) is 2.88. The molecule has 1 aromatic rings. The number of rotatable bonds is 5. The Balaban J connectivity index is 0.00000441. The van der Waals surface area contributed by atoms with Gasteiger partial charge in [0.25, 0.3) is 0 Å². The van der Waals surface area contributed by atoms with E-state index in [2.05, 4.69) is 25.4 Å². The predicted octanol–water partition coefficient (Wildman–Crippen LogP) is 3.67. The van der Waals surface area contributed by atoms with Crippen molar-refractivity contribution in [3.8, 4) is 5.75 Å². The van der Waals surface area contributed by atoms with Crippen LogP contribution < -0.4 is 10.5 Å². The van der Waals surface area contributed by atoms with E-state index >= 15 is 0 Å². The highest BCUT2D eigenvalue weighted by Crippen LogP contribution is 2.33. The van der Waals surface area contributed by atoms with Gasteiger partial charge in [-0.15, -0.1) is 25.6 Å². The van der Waals surface area contributed by atoms with Crippen LogP contribution >= 0.6 is 28.3 Å². The molecule has 0 radical (unpaired) electrons. The molecule has 10 heteroatoms. The number of hydrogen-bond donors (Lipinski definition) is 1. The normalized spacial score (nSPS) is 13.8. The van der Waals surface area contributed by atoms with E-state index in [1.54, 1.807) is 0 Å². The van der Waals surface area contributed by atoms with Gasteiger partial charge in [-0.05, 0) is 25.1 Å². The number of carbonyl (C=O) groups is 1. The van der Waals surface area contributed by atoms with Crippen LogP contribution in [0, 0.1) is 0 Å². The van der Waals surface area contributed by atoms with Crippen LogP contribution in [0.25, 0.3) is 0 Å². The Morgan fingerprint density at radius 1 is 1.41 bits per heavy atom. The lowest BCUT2D eigenvalue weighted by Gasteiger charge is -2.20. The number of esters is 1. The second-order valence-corrected chi connectivity index (χ2v) is 4.83. The Morgan fingerprint density at radius 2 is 2.00 bits per heavy atom. The molecule has 0 bridgehead atoms. The predicted molar refractivity (Wildman–Crippen MR) is 76.5 cm³/mol. The van der Waals surface area contributed by atoms with E-state index in [1.807, 2.05) is 0 Å². The zero-order valence-corrected chi connectivity index (χ0v) is 13.6. The summed E-state index contributed by atoms with van der Waals surface area (Å²) in [5.74, 6) is -1.92. The summed E-state index contributed by atoms with van der Waals surface area (Å²) >= 11 is 3.03. The van der Waals surface area contributed by atoms with Crippen molar-refractivity contribution in [1.82, 2.24) is 0 Å². The summed E-state index contributed by atoms with van der Waals surface area (Å²) in [6, 6.07) is 1.75. The van der Waals surface area contributed by atoms with Gasteiger partial charge in [0, 0.05) is 10.0 Å². The highest BCUT2D eigenvalue weighted by molar-refractivity contribution is 9.10. The van der Waals surface area contributed by atoms with Crippen molar-refractivity contribution in [2.75, 3.05) is 6.61 Å². The molecule has 126 valence electrons. The molecule has 1 rings (SSSR count). The fourth-order valence-corrected chi connectivity index (χ4v) is 1.90. The van der Waals surface area contributed by atoms with E-state index < -0.39 is 30.3 Å². The van der Waals surface area contributed by atoms with Gasteiger partial charge in [0.1, 0.15) is 5.75 Å². The van der Waals surface area contributed by atoms with Crippen molar-refractivity contribution in [3.63, 3.8) is 0 Å². The van der Waals surface area contributed by atoms with Gasteiger partial charge in [-0.3, -0.25) is 0 Å². The van der Waals surface area contributed by atoms with Crippen LogP contribution in [0.3, 0.4) is 0 Å². The minimum Gasteiger partial charge on any atom is -0.464 e. The quantitative estimate of drug-likeness (QED) is 0.594. The third-order valence-electron chi connectivity index (χ3n) is 2.38. The first-order valence-electron chi connectivity index (χ1n) is 5.77. The first-order valence-corrected chi connectivity index (χ1v) is 6.56. The first kappa shape index (κ1) is 20.9. The minimum absolute atomic E-state index is 0. The average Bonchev–Trinajstić information content (AvgIpc) is 2.38. The fraction of sp³-hybridized carbons (Fsp3) is 0.417. The van der Waals surface area contributed by atoms with E-state index in [1.165, 1.54) is 13.0 Å². The van der Waals surface area contributed by atoms with Gasteiger partial charge >= 0.3 is 12.3 Å². The number of ether oxygens (including phenoxy) is 2. The molecule has 2 atom stereocenters. The lowest BCUT2D eigenvalue weighted by molar-refractivity contribution is -0.275.